The smallest absolute Gasteiger partial charge is 0.306 e. The topological polar surface area (TPSA) is 62.2 Å². The van der Waals surface area contributed by atoms with E-state index in [-0.39, 0.29) is 5.92 Å². The normalized spacial score (nSPS) is 22.9. The molecule has 0 unspecified atom stereocenters. The third kappa shape index (κ3) is 2.88. The summed E-state index contributed by atoms with van der Waals surface area (Å²) in [5, 5.41) is 14.0. The van der Waals surface area contributed by atoms with Crippen molar-refractivity contribution in [1.29, 1.82) is 0 Å². The van der Waals surface area contributed by atoms with Gasteiger partial charge in [-0.25, -0.2) is 4.98 Å². The third-order valence-corrected chi connectivity index (χ3v) is 4.94. The van der Waals surface area contributed by atoms with Crippen LogP contribution < -0.4 is 5.32 Å². The van der Waals surface area contributed by atoms with E-state index in [4.69, 9.17) is 16.7 Å². The maximum absolute atomic E-state index is 10.9. The van der Waals surface area contributed by atoms with E-state index >= 15 is 0 Å². The lowest BCUT2D eigenvalue weighted by Gasteiger charge is -2.26. The molecule has 0 radical (unpaired) electrons. The monoisotopic (exact) mass is 310 g/mol. The quantitative estimate of drug-likeness (QED) is 0.899. The van der Waals surface area contributed by atoms with Crippen molar-refractivity contribution in [3.8, 4) is 0 Å². The molecule has 1 saturated carbocycles. The van der Waals surface area contributed by atoms with E-state index in [0.29, 0.717) is 6.04 Å². The van der Waals surface area contributed by atoms with Crippen molar-refractivity contribution in [3.63, 3.8) is 0 Å². The zero-order chi connectivity index (χ0) is 14.1. The summed E-state index contributed by atoms with van der Waals surface area (Å²) in [6.07, 6.45) is 3.24. The van der Waals surface area contributed by atoms with Crippen molar-refractivity contribution in [2.45, 2.75) is 31.7 Å². The molecule has 6 heteroatoms. The molecule has 2 N–H and O–H groups in total. The van der Waals surface area contributed by atoms with Crippen LogP contribution in [0.25, 0.3) is 10.2 Å². The van der Waals surface area contributed by atoms with Gasteiger partial charge in [0.05, 0.1) is 16.1 Å². The van der Waals surface area contributed by atoms with Gasteiger partial charge in [-0.15, -0.1) is 0 Å². The molecule has 20 heavy (non-hydrogen) atoms. The van der Waals surface area contributed by atoms with Crippen LogP contribution in [0.2, 0.25) is 5.02 Å². The fourth-order valence-corrected chi connectivity index (χ4v) is 3.84. The highest BCUT2D eigenvalue weighted by Crippen LogP contribution is 2.31. The molecule has 0 saturated heterocycles. The van der Waals surface area contributed by atoms with Crippen molar-refractivity contribution in [2.24, 2.45) is 5.92 Å². The highest BCUT2D eigenvalue weighted by atomic mass is 35.5. The van der Waals surface area contributed by atoms with Crippen molar-refractivity contribution in [2.75, 3.05) is 5.32 Å². The zero-order valence-corrected chi connectivity index (χ0v) is 12.4. The highest BCUT2D eigenvalue weighted by Gasteiger charge is 2.26. The van der Waals surface area contributed by atoms with Crippen LogP contribution in [0.5, 0.6) is 0 Å². The Balaban J connectivity index is 1.66. The van der Waals surface area contributed by atoms with Gasteiger partial charge in [-0.2, -0.15) is 0 Å². The van der Waals surface area contributed by atoms with Gasteiger partial charge >= 0.3 is 5.97 Å². The molecule has 4 nitrogen and oxygen atoms in total. The average molecular weight is 311 g/mol. The SMILES string of the molecule is O=C(O)C1CCC(Nc2nc3ccc(Cl)cc3s2)CC1. The van der Waals surface area contributed by atoms with Crippen LogP contribution in [0.3, 0.4) is 0 Å². The largest absolute Gasteiger partial charge is 0.481 e. The van der Waals surface area contributed by atoms with Gasteiger partial charge in [0.15, 0.2) is 5.13 Å². The Labute approximate surface area is 125 Å². The molecule has 2 aromatic rings. The maximum atomic E-state index is 10.9. The lowest BCUT2D eigenvalue weighted by atomic mass is 9.86. The second-order valence-electron chi connectivity index (χ2n) is 5.16. The summed E-state index contributed by atoms with van der Waals surface area (Å²) in [7, 11) is 0. The summed E-state index contributed by atoms with van der Waals surface area (Å²) in [6.45, 7) is 0. The summed E-state index contributed by atoms with van der Waals surface area (Å²) in [5.41, 5.74) is 0.945. The van der Waals surface area contributed by atoms with E-state index in [1.807, 2.05) is 18.2 Å². The summed E-state index contributed by atoms with van der Waals surface area (Å²) < 4.78 is 1.07. The fourth-order valence-electron chi connectivity index (χ4n) is 2.62. The fraction of sp³-hybridized carbons (Fsp3) is 0.429. The molecule has 0 spiro atoms. The number of hydrogen-bond acceptors (Lipinski definition) is 4. The number of nitrogens with zero attached hydrogens (tertiary/aromatic N) is 1. The summed E-state index contributed by atoms with van der Waals surface area (Å²) in [6, 6.07) is 5.99. The van der Waals surface area contributed by atoms with Crippen LogP contribution in [-0.4, -0.2) is 22.1 Å². The summed E-state index contributed by atoms with van der Waals surface area (Å²) >= 11 is 7.56. The molecule has 1 heterocycles. The number of hydrogen-bond donors (Lipinski definition) is 2. The number of carbonyl (C=O) groups is 1. The first kappa shape index (κ1) is 13.6. The molecule has 106 valence electrons. The molecule has 1 aliphatic rings. The number of aliphatic carboxylic acids is 1. The van der Waals surface area contributed by atoms with E-state index in [0.717, 1.165) is 46.1 Å². The predicted octanol–water partition coefficient (Wildman–Crippen LogP) is 4.01. The summed E-state index contributed by atoms with van der Waals surface area (Å²) in [4.78, 5) is 15.5. The first-order chi connectivity index (χ1) is 9.61. The standard InChI is InChI=1S/C14H15ClN2O2S/c15-9-3-6-11-12(7-9)20-14(17-11)16-10-4-1-8(2-5-10)13(18)19/h3,6-8,10H,1-2,4-5H2,(H,16,17)(H,18,19). The zero-order valence-electron chi connectivity index (χ0n) is 10.8. The third-order valence-electron chi connectivity index (χ3n) is 3.75. The van der Waals surface area contributed by atoms with Crippen molar-refractivity contribution >= 4 is 44.3 Å². The molecule has 3 rings (SSSR count). The Morgan fingerprint density at radius 3 is 2.80 bits per heavy atom. The lowest BCUT2D eigenvalue weighted by molar-refractivity contribution is -0.142. The van der Waals surface area contributed by atoms with Crippen LogP contribution in [-0.2, 0) is 4.79 Å². The number of fused-ring (bicyclic) bond motifs is 1. The number of thiazole rings is 1. The number of nitrogens with one attached hydrogen (secondary N) is 1. The van der Waals surface area contributed by atoms with Gasteiger partial charge in [-0.05, 0) is 43.9 Å². The first-order valence-electron chi connectivity index (χ1n) is 6.67. The molecular weight excluding hydrogens is 296 g/mol. The first-order valence-corrected chi connectivity index (χ1v) is 7.87. The van der Waals surface area contributed by atoms with Gasteiger partial charge in [-0.3, -0.25) is 4.79 Å². The van der Waals surface area contributed by atoms with Crippen molar-refractivity contribution in [1.82, 2.24) is 4.98 Å². The van der Waals surface area contributed by atoms with E-state index in [1.165, 1.54) is 0 Å². The van der Waals surface area contributed by atoms with E-state index < -0.39 is 5.97 Å². The minimum absolute atomic E-state index is 0.178. The Bertz CT molecular complexity index is 635. The number of rotatable bonds is 3. The molecule has 1 aromatic heterocycles. The maximum Gasteiger partial charge on any atom is 0.306 e. The molecule has 1 aromatic carbocycles. The van der Waals surface area contributed by atoms with Crippen molar-refractivity contribution < 1.29 is 9.90 Å². The van der Waals surface area contributed by atoms with Gasteiger partial charge in [0.2, 0.25) is 0 Å². The van der Waals surface area contributed by atoms with Gasteiger partial charge in [0.1, 0.15) is 0 Å². The lowest BCUT2D eigenvalue weighted by Crippen LogP contribution is -2.29. The van der Waals surface area contributed by atoms with E-state index in [2.05, 4.69) is 10.3 Å². The molecule has 0 aliphatic heterocycles. The number of carboxylic acids is 1. The van der Waals surface area contributed by atoms with E-state index in [1.54, 1.807) is 11.3 Å². The molecule has 0 atom stereocenters. The van der Waals surface area contributed by atoms with Crippen LogP contribution >= 0.6 is 22.9 Å². The Morgan fingerprint density at radius 2 is 2.10 bits per heavy atom. The number of halogens is 1. The second-order valence-corrected chi connectivity index (χ2v) is 6.63. The van der Waals surface area contributed by atoms with Crippen LogP contribution in [0, 0.1) is 5.92 Å². The number of anilines is 1. The van der Waals surface area contributed by atoms with Crippen molar-refractivity contribution in [3.05, 3.63) is 23.2 Å². The van der Waals surface area contributed by atoms with Crippen LogP contribution in [0.4, 0.5) is 5.13 Å². The van der Waals surface area contributed by atoms with Gasteiger partial charge in [-0.1, -0.05) is 22.9 Å². The predicted molar refractivity (Wildman–Crippen MR) is 81.6 cm³/mol. The van der Waals surface area contributed by atoms with E-state index in [9.17, 15) is 4.79 Å². The molecule has 0 amide bonds. The molecular formula is C14H15ClN2O2S. The Morgan fingerprint density at radius 1 is 1.35 bits per heavy atom. The molecule has 1 fully saturated rings. The number of aromatic nitrogens is 1. The highest BCUT2D eigenvalue weighted by molar-refractivity contribution is 7.22. The van der Waals surface area contributed by atoms with Gasteiger partial charge < -0.3 is 10.4 Å². The number of carboxylic acid groups (broad SMARTS) is 1. The van der Waals surface area contributed by atoms with Crippen LogP contribution in [0.1, 0.15) is 25.7 Å². The average Bonchev–Trinajstić information content (AvgIpc) is 2.80. The summed E-state index contributed by atoms with van der Waals surface area (Å²) in [5.74, 6) is -0.847. The van der Waals surface area contributed by atoms with Gasteiger partial charge in [0.25, 0.3) is 0 Å². The van der Waals surface area contributed by atoms with Gasteiger partial charge in [0, 0.05) is 11.1 Å². The Hall–Kier alpha value is -1.33. The van der Waals surface area contributed by atoms with Crippen LogP contribution in [0.15, 0.2) is 18.2 Å². The number of benzene rings is 1. The molecule has 1 aliphatic carbocycles. The molecule has 0 bridgehead atoms. The minimum atomic E-state index is -0.668. The minimum Gasteiger partial charge on any atom is -0.481 e. The Kier molecular flexibility index (Phi) is 3.81. The second kappa shape index (κ2) is 5.58.